The van der Waals surface area contributed by atoms with Crippen molar-refractivity contribution in [3.8, 4) is 22.3 Å². The Balaban J connectivity index is 1.91. The van der Waals surface area contributed by atoms with Crippen LogP contribution >= 0.6 is 0 Å². The highest BCUT2D eigenvalue weighted by Gasteiger charge is 2.22. The van der Waals surface area contributed by atoms with Crippen LogP contribution in [0.15, 0.2) is 82.6 Å². The molecule has 0 aliphatic rings. The van der Waals surface area contributed by atoms with Gasteiger partial charge in [-0.2, -0.15) is 0 Å². The van der Waals surface area contributed by atoms with Gasteiger partial charge in [-0.3, -0.25) is 20.2 Å². The molecule has 182 valence electrons. The molecule has 0 saturated carbocycles. The number of hydrogen-bond acceptors (Lipinski definition) is 7. The summed E-state index contributed by atoms with van der Waals surface area (Å²) in [4.78, 5) is 21.5. The minimum Gasteiger partial charge on any atom is -0.393 e. The Bertz CT molecular complexity index is 1460. The fourth-order valence-electron chi connectivity index (χ4n) is 3.64. The van der Waals surface area contributed by atoms with Crippen LogP contribution in [0, 0.1) is 31.9 Å². The molecule has 36 heavy (non-hydrogen) atoms. The third-order valence-corrected chi connectivity index (χ3v) is 6.87. The van der Waals surface area contributed by atoms with Gasteiger partial charge >= 0.3 is 0 Å². The minimum absolute atomic E-state index is 0.0771. The van der Waals surface area contributed by atoms with Crippen molar-refractivity contribution in [3.63, 3.8) is 0 Å². The number of nitrogens with zero attached hydrogens (tertiary/aromatic N) is 2. The Morgan fingerprint density at radius 2 is 1.03 bits per heavy atom. The Morgan fingerprint density at radius 1 is 0.639 bits per heavy atom. The first-order valence-electron chi connectivity index (χ1n) is 10.2. The molecule has 4 N–H and O–H groups in total. The zero-order chi connectivity index (χ0) is 26.1. The number of rotatable bonds is 6. The highest BCUT2D eigenvalue weighted by atomic mass is 32.2. The van der Waals surface area contributed by atoms with Crippen LogP contribution in [0.25, 0.3) is 22.3 Å². The average molecular weight is 510 g/mol. The predicted octanol–water partition coefficient (Wildman–Crippen LogP) is 5.45. The van der Waals surface area contributed by atoms with E-state index in [1.807, 2.05) is 0 Å². The standard InChI is InChI=1S/C24H16F2N4O5S/c25-15-3-7-23(17(11-15)13-1-5-19(27)21(9-13)29(31)32)36(35)24-8-4-16(26)12-18(24)14-2-6-20(28)22(10-14)30(33)34/h1-12H,27-28H2. The molecule has 0 radical (unpaired) electrons. The highest BCUT2D eigenvalue weighted by molar-refractivity contribution is 7.85. The van der Waals surface area contributed by atoms with Gasteiger partial charge in [-0.15, -0.1) is 0 Å². The zero-order valence-corrected chi connectivity index (χ0v) is 19.0. The number of nitro groups is 2. The van der Waals surface area contributed by atoms with E-state index in [2.05, 4.69) is 0 Å². The maximum absolute atomic E-state index is 14.2. The second-order valence-corrected chi connectivity index (χ2v) is 9.03. The van der Waals surface area contributed by atoms with E-state index in [1.165, 1.54) is 36.4 Å². The van der Waals surface area contributed by atoms with Crippen LogP contribution in [-0.2, 0) is 10.8 Å². The van der Waals surface area contributed by atoms with E-state index in [4.69, 9.17) is 11.5 Å². The van der Waals surface area contributed by atoms with Gasteiger partial charge in [0.1, 0.15) is 23.0 Å². The van der Waals surface area contributed by atoms with E-state index >= 15 is 0 Å². The second kappa shape index (κ2) is 9.50. The van der Waals surface area contributed by atoms with Crippen LogP contribution in [0.1, 0.15) is 0 Å². The average Bonchev–Trinajstić information content (AvgIpc) is 2.84. The molecule has 0 unspecified atom stereocenters. The number of nitrogens with two attached hydrogens (primary N) is 2. The van der Waals surface area contributed by atoms with Gasteiger partial charge in [-0.25, -0.2) is 13.0 Å². The smallest absolute Gasteiger partial charge is 0.292 e. The summed E-state index contributed by atoms with van der Waals surface area (Å²) in [5, 5.41) is 22.7. The fourth-order valence-corrected chi connectivity index (χ4v) is 5.01. The maximum atomic E-state index is 14.2. The van der Waals surface area contributed by atoms with Crippen molar-refractivity contribution in [2.45, 2.75) is 9.79 Å². The SMILES string of the molecule is Nc1ccc(-c2cc(F)ccc2S(=O)c2ccc(F)cc2-c2ccc(N)c([N+](=O)[O-])c2)cc1[N+](=O)[O-]. The normalized spacial score (nSPS) is 11.0. The molecule has 0 aromatic heterocycles. The lowest BCUT2D eigenvalue weighted by Gasteiger charge is -2.14. The predicted molar refractivity (Wildman–Crippen MR) is 130 cm³/mol. The van der Waals surface area contributed by atoms with Gasteiger partial charge in [-0.05, 0) is 59.7 Å². The summed E-state index contributed by atoms with van der Waals surface area (Å²) in [5.74, 6) is -1.36. The van der Waals surface area contributed by atoms with Crippen molar-refractivity contribution < 1.29 is 22.8 Å². The van der Waals surface area contributed by atoms with Crippen molar-refractivity contribution in [1.82, 2.24) is 0 Å². The van der Waals surface area contributed by atoms with E-state index in [0.29, 0.717) is 0 Å². The summed E-state index contributed by atoms with van der Waals surface area (Å²) in [6.45, 7) is 0. The first-order valence-corrected chi connectivity index (χ1v) is 11.3. The molecule has 0 spiro atoms. The molecule has 4 rings (SSSR count). The lowest BCUT2D eigenvalue weighted by atomic mass is 10.0. The van der Waals surface area contributed by atoms with Gasteiger partial charge in [0.15, 0.2) is 0 Å². The number of benzene rings is 4. The molecule has 0 atom stereocenters. The molecule has 4 aromatic carbocycles. The second-order valence-electron chi connectivity index (χ2n) is 7.61. The van der Waals surface area contributed by atoms with Gasteiger partial charge in [0.05, 0.1) is 30.4 Å². The summed E-state index contributed by atoms with van der Waals surface area (Å²) in [7, 11) is -2.07. The van der Waals surface area contributed by atoms with Crippen LogP contribution in [0.5, 0.6) is 0 Å². The van der Waals surface area contributed by atoms with Crippen LogP contribution < -0.4 is 11.5 Å². The lowest BCUT2D eigenvalue weighted by molar-refractivity contribution is -0.384. The fraction of sp³-hybridized carbons (Fsp3) is 0. The van der Waals surface area contributed by atoms with Gasteiger partial charge in [0.25, 0.3) is 11.4 Å². The van der Waals surface area contributed by atoms with Gasteiger partial charge in [0.2, 0.25) is 0 Å². The third kappa shape index (κ3) is 4.61. The molecule has 0 saturated heterocycles. The Kier molecular flexibility index (Phi) is 6.45. The largest absolute Gasteiger partial charge is 0.393 e. The number of hydrogen-bond donors (Lipinski definition) is 2. The lowest BCUT2D eigenvalue weighted by Crippen LogP contribution is -2.02. The number of nitrogen functional groups attached to an aromatic ring is 2. The minimum atomic E-state index is -2.07. The van der Waals surface area contributed by atoms with Crippen molar-refractivity contribution in [1.29, 1.82) is 0 Å². The van der Waals surface area contributed by atoms with Crippen molar-refractivity contribution in [3.05, 3.63) is 105 Å². The summed E-state index contributed by atoms with van der Waals surface area (Å²) < 4.78 is 42.2. The van der Waals surface area contributed by atoms with Crippen LogP contribution in [-0.4, -0.2) is 14.1 Å². The summed E-state index contributed by atoms with van der Waals surface area (Å²) >= 11 is 0. The zero-order valence-electron chi connectivity index (χ0n) is 18.2. The molecule has 0 fully saturated rings. The Hall–Kier alpha value is -4.71. The van der Waals surface area contributed by atoms with E-state index in [1.54, 1.807) is 0 Å². The van der Waals surface area contributed by atoms with Gasteiger partial charge in [-0.1, -0.05) is 12.1 Å². The van der Waals surface area contributed by atoms with E-state index in [-0.39, 0.29) is 43.4 Å². The first-order chi connectivity index (χ1) is 17.1. The van der Waals surface area contributed by atoms with E-state index < -0.39 is 43.7 Å². The molecule has 0 amide bonds. The Morgan fingerprint density at radius 3 is 1.39 bits per heavy atom. The number of anilines is 2. The molecule has 0 aliphatic heterocycles. The summed E-state index contributed by atoms with van der Waals surface area (Å²) in [5.41, 5.74) is 10.8. The van der Waals surface area contributed by atoms with Crippen LogP contribution in [0.2, 0.25) is 0 Å². The topological polar surface area (TPSA) is 155 Å². The number of halogens is 2. The summed E-state index contributed by atoms with van der Waals surface area (Å²) in [6, 6.07) is 14.5. The highest BCUT2D eigenvalue weighted by Crippen LogP contribution is 2.38. The van der Waals surface area contributed by atoms with E-state index in [0.717, 1.165) is 36.4 Å². The molecular weight excluding hydrogens is 494 g/mol. The van der Waals surface area contributed by atoms with E-state index in [9.17, 15) is 33.2 Å². The molecule has 9 nitrogen and oxygen atoms in total. The molecule has 0 bridgehead atoms. The van der Waals surface area contributed by atoms with Gasteiger partial charge in [0, 0.05) is 23.3 Å². The molecule has 0 aliphatic carbocycles. The first kappa shape index (κ1) is 24.4. The molecule has 4 aromatic rings. The summed E-state index contributed by atoms with van der Waals surface area (Å²) in [6.07, 6.45) is 0. The quantitative estimate of drug-likeness (QED) is 0.199. The molecule has 12 heteroatoms. The van der Waals surface area contributed by atoms with Crippen molar-refractivity contribution in [2.24, 2.45) is 0 Å². The monoisotopic (exact) mass is 510 g/mol. The van der Waals surface area contributed by atoms with Crippen molar-refractivity contribution in [2.75, 3.05) is 11.5 Å². The number of nitro benzene ring substituents is 2. The van der Waals surface area contributed by atoms with Crippen LogP contribution in [0.3, 0.4) is 0 Å². The Labute approximate surface area is 204 Å². The maximum Gasteiger partial charge on any atom is 0.292 e. The molecular formula is C24H16F2N4O5S. The van der Waals surface area contributed by atoms with Gasteiger partial charge < -0.3 is 11.5 Å². The van der Waals surface area contributed by atoms with Crippen LogP contribution in [0.4, 0.5) is 31.5 Å². The molecule has 0 heterocycles. The van der Waals surface area contributed by atoms with Crippen molar-refractivity contribution >= 4 is 33.5 Å². The third-order valence-electron chi connectivity index (χ3n) is 5.36.